The van der Waals surface area contributed by atoms with E-state index in [1.807, 2.05) is 32.0 Å². The molecule has 136 valence electrons. The Morgan fingerprint density at radius 2 is 2.12 bits per heavy atom. The number of carbonyl (C=O) groups is 3. The molecule has 3 amide bonds. The van der Waals surface area contributed by atoms with Crippen molar-refractivity contribution in [3.05, 3.63) is 28.2 Å². The average Bonchev–Trinajstić information content (AvgIpc) is 2.97. The van der Waals surface area contributed by atoms with Crippen molar-refractivity contribution in [2.75, 3.05) is 25.5 Å². The smallest absolute Gasteiger partial charge is 0.245 e. The summed E-state index contributed by atoms with van der Waals surface area (Å²) in [6.07, 6.45) is 1.83. The lowest BCUT2D eigenvalue weighted by Gasteiger charge is -2.29. The number of rotatable bonds is 6. The first-order chi connectivity index (χ1) is 11.8. The molecule has 0 bridgehead atoms. The van der Waals surface area contributed by atoms with Gasteiger partial charge in [0.1, 0.15) is 6.04 Å². The highest BCUT2D eigenvalue weighted by Crippen LogP contribution is 2.20. The maximum atomic E-state index is 12.7. The van der Waals surface area contributed by atoms with Crippen molar-refractivity contribution in [3.63, 3.8) is 0 Å². The Morgan fingerprint density at radius 1 is 1.40 bits per heavy atom. The molecular formula is C18H24BrN3O3. The number of hydrogen-bond donors (Lipinski definition) is 1. The van der Waals surface area contributed by atoms with E-state index in [2.05, 4.69) is 21.2 Å². The van der Waals surface area contributed by atoms with Gasteiger partial charge in [0.15, 0.2) is 0 Å². The van der Waals surface area contributed by atoms with E-state index >= 15 is 0 Å². The zero-order valence-corrected chi connectivity index (χ0v) is 16.4. The van der Waals surface area contributed by atoms with E-state index in [9.17, 15) is 14.4 Å². The summed E-state index contributed by atoms with van der Waals surface area (Å²) in [5.74, 6) is -0.437. The second-order valence-electron chi connectivity index (χ2n) is 6.32. The van der Waals surface area contributed by atoms with Crippen molar-refractivity contribution in [2.24, 2.45) is 0 Å². The van der Waals surface area contributed by atoms with E-state index in [1.165, 1.54) is 4.90 Å². The molecule has 2 rings (SSSR count). The third-order valence-corrected chi connectivity index (χ3v) is 4.87. The van der Waals surface area contributed by atoms with Crippen molar-refractivity contribution in [1.82, 2.24) is 9.80 Å². The monoisotopic (exact) mass is 409 g/mol. The highest BCUT2D eigenvalue weighted by atomic mass is 79.9. The van der Waals surface area contributed by atoms with E-state index in [-0.39, 0.29) is 24.3 Å². The van der Waals surface area contributed by atoms with Gasteiger partial charge in [-0.3, -0.25) is 14.4 Å². The van der Waals surface area contributed by atoms with Crippen molar-refractivity contribution in [1.29, 1.82) is 0 Å². The van der Waals surface area contributed by atoms with E-state index in [0.717, 1.165) is 22.1 Å². The van der Waals surface area contributed by atoms with Gasteiger partial charge < -0.3 is 15.1 Å². The summed E-state index contributed by atoms with van der Waals surface area (Å²) in [4.78, 5) is 39.8. The van der Waals surface area contributed by atoms with Crippen molar-refractivity contribution < 1.29 is 14.4 Å². The Morgan fingerprint density at radius 3 is 2.68 bits per heavy atom. The number of nitrogens with one attached hydrogen (secondary N) is 1. The summed E-state index contributed by atoms with van der Waals surface area (Å²) in [7, 11) is 1.60. The minimum Gasteiger partial charge on any atom is -0.335 e. The number of likely N-dealkylation sites (tertiary alicyclic amines) is 1. The van der Waals surface area contributed by atoms with E-state index in [4.69, 9.17) is 0 Å². The average molecular weight is 410 g/mol. The number of amides is 3. The van der Waals surface area contributed by atoms with Crippen LogP contribution in [-0.2, 0) is 14.4 Å². The number of anilines is 1. The second kappa shape index (κ2) is 8.47. The standard InChI is InChI=1S/C18H24BrN3O3/c1-4-15(22-9-5-6-17(22)24)18(25)21(3)11-16(23)20-14-8-7-13(19)10-12(14)2/h7-8,10,15H,4-6,9,11H2,1-3H3,(H,20,23)/t15-/m0/s1. The molecule has 7 heteroatoms. The van der Waals surface area contributed by atoms with Crippen LogP contribution in [0.1, 0.15) is 31.7 Å². The van der Waals surface area contributed by atoms with E-state index in [1.54, 1.807) is 11.9 Å². The first kappa shape index (κ1) is 19.4. The van der Waals surface area contributed by atoms with E-state index in [0.29, 0.717) is 19.4 Å². The van der Waals surface area contributed by atoms with Gasteiger partial charge in [-0.05, 0) is 43.5 Å². The predicted octanol–water partition coefficient (Wildman–Crippen LogP) is 2.56. The molecule has 1 aliphatic heterocycles. The number of benzene rings is 1. The molecule has 1 heterocycles. The summed E-state index contributed by atoms with van der Waals surface area (Å²) in [6, 6.07) is 5.10. The Labute approximate surface area is 156 Å². The lowest BCUT2D eigenvalue weighted by Crippen LogP contribution is -2.49. The zero-order valence-electron chi connectivity index (χ0n) is 14.8. The minimum atomic E-state index is -0.484. The number of carbonyl (C=O) groups excluding carboxylic acids is 3. The maximum absolute atomic E-state index is 12.7. The number of hydrogen-bond acceptors (Lipinski definition) is 3. The normalized spacial score (nSPS) is 15.2. The van der Waals surface area contributed by atoms with Gasteiger partial charge in [-0.15, -0.1) is 0 Å². The fourth-order valence-corrected chi connectivity index (χ4v) is 3.51. The van der Waals surface area contributed by atoms with Gasteiger partial charge in [0.25, 0.3) is 0 Å². The number of likely N-dealkylation sites (N-methyl/N-ethyl adjacent to an activating group) is 1. The Bertz CT molecular complexity index is 678. The van der Waals surface area contributed by atoms with Crippen LogP contribution in [0.5, 0.6) is 0 Å². The molecule has 0 radical (unpaired) electrons. The van der Waals surface area contributed by atoms with Gasteiger partial charge in [0, 0.05) is 30.2 Å². The summed E-state index contributed by atoms with van der Waals surface area (Å²) in [5, 5.41) is 2.82. The van der Waals surface area contributed by atoms with Crippen molar-refractivity contribution >= 4 is 39.3 Å². The molecule has 1 aromatic carbocycles. The van der Waals surface area contributed by atoms with Crippen LogP contribution in [0.2, 0.25) is 0 Å². The lowest BCUT2D eigenvalue weighted by molar-refractivity contribution is -0.143. The third kappa shape index (κ3) is 4.81. The van der Waals surface area contributed by atoms with Gasteiger partial charge >= 0.3 is 0 Å². The predicted molar refractivity (Wildman–Crippen MR) is 100 cm³/mol. The SMILES string of the molecule is CC[C@@H](C(=O)N(C)CC(=O)Nc1ccc(Br)cc1C)N1CCCC1=O. The zero-order chi connectivity index (χ0) is 18.6. The molecule has 25 heavy (non-hydrogen) atoms. The van der Waals surface area contributed by atoms with Crippen LogP contribution in [0.3, 0.4) is 0 Å². The summed E-state index contributed by atoms with van der Waals surface area (Å²) < 4.78 is 0.941. The molecular weight excluding hydrogens is 386 g/mol. The molecule has 1 aromatic rings. The third-order valence-electron chi connectivity index (χ3n) is 4.38. The van der Waals surface area contributed by atoms with Crippen LogP contribution >= 0.6 is 15.9 Å². The fraction of sp³-hybridized carbons (Fsp3) is 0.500. The maximum Gasteiger partial charge on any atom is 0.245 e. The largest absolute Gasteiger partial charge is 0.335 e. The Balaban J connectivity index is 1.97. The number of nitrogens with zero attached hydrogens (tertiary/aromatic N) is 2. The first-order valence-corrected chi connectivity index (χ1v) is 9.23. The molecule has 1 aliphatic rings. The summed E-state index contributed by atoms with van der Waals surface area (Å²) in [6.45, 7) is 4.35. The minimum absolute atomic E-state index is 0.0172. The fourth-order valence-electron chi connectivity index (χ4n) is 3.03. The Kier molecular flexibility index (Phi) is 6.58. The van der Waals surface area contributed by atoms with Crippen LogP contribution in [-0.4, -0.2) is 53.7 Å². The van der Waals surface area contributed by atoms with Gasteiger partial charge in [-0.2, -0.15) is 0 Å². The first-order valence-electron chi connectivity index (χ1n) is 8.44. The summed E-state index contributed by atoms with van der Waals surface area (Å²) in [5.41, 5.74) is 1.65. The topological polar surface area (TPSA) is 69.7 Å². The molecule has 0 spiro atoms. The van der Waals surface area contributed by atoms with Gasteiger partial charge in [0.2, 0.25) is 17.7 Å². The molecule has 6 nitrogen and oxygen atoms in total. The molecule has 1 N–H and O–H groups in total. The highest BCUT2D eigenvalue weighted by Gasteiger charge is 2.33. The second-order valence-corrected chi connectivity index (χ2v) is 7.23. The molecule has 0 aromatic heterocycles. The van der Waals surface area contributed by atoms with Gasteiger partial charge in [-0.25, -0.2) is 0 Å². The Hall–Kier alpha value is -1.89. The van der Waals surface area contributed by atoms with Crippen LogP contribution in [0, 0.1) is 6.92 Å². The highest BCUT2D eigenvalue weighted by molar-refractivity contribution is 9.10. The molecule has 0 unspecified atom stereocenters. The molecule has 1 fully saturated rings. The van der Waals surface area contributed by atoms with Crippen molar-refractivity contribution in [3.8, 4) is 0 Å². The lowest BCUT2D eigenvalue weighted by atomic mass is 10.1. The van der Waals surface area contributed by atoms with Crippen molar-refractivity contribution in [2.45, 2.75) is 39.2 Å². The summed E-state index contributed by atoms with van der Waals surface area (Å²) >= 11 is 3.38. The van der Waals surface area contributed by atoms with Crippen LogP contribution < -0.4 is 5.32 Å². The number of aryl methyl sites for hydroxylation is 1. The van der Waals surface area contributed by atoms with Crippen LogP contribution in [0.15, 0.2) is 22.7 Å². The quantitative estimate of drug-likeness (QED) is 0.784. The van der Waals surface area contributed by atoms with Crippen LogP contribution in [0.25, 0.3) is 0 Å². The number of halogens is 1. The molecule has 0 aliphatic carbocycles. The molecule has 1 atom stereocenters. The van der Waals surface area contributed by atoms with Gasteiger partial charge in [0.05, 0.1) is 6.54 Å². The molecule has 0 saturated carbocycles. The van der Waals surface area contributed by atoms with Gasteiger partial charge in [-0.1, -0.05) is 22.9 Å². The van der Waals surface area contributed by atoms with E-state index < -0.39 is 6.04 Å². The molecule has 1 saturated heterocycles. The van der Waals surface area contributed by atoms with Crippen LogP contribution in [0.4, 0.5) is 5.69 Å².